The molecule has 1 aromatic carbocycles. The summed E-state index contributed by atoms with van der Waals surface area (Å²) in [4.78, 5) is 16.3. The highest BCUT2D eigenvalue weighted by Crippen LogP contribution is 2.12. The van der Waals surface area contributed by atoms with Crippen molar-refractivity contribution >= 4 is 30.7 Å². The molecule has 1 aromatic heterocycles. The minimum Gasteiger partial charge on any atom is -0.349 e. The van der Waals surface area contributed by atoms with Crippen LogP contribution in [0.1, 0.15) is 28.4 Å². The molecule has 1 amide bonds. The van der Waals surface area contributed by atoms with Crippen molar-refractivity contribution in [2.45, 2.75) is 26.4 Å². The highest BCUT2D eigenvalue weighted by molar-refractivity contribution is 5.85. The fraction of sp³-hybridized carbons (Fsp3) is 0.250. The van der Waals surface area contributed by atoms with Crippen LogP contribution in [0.5, 0.6) is 0 Å². The molecular formula is C16H21Cl2N3O. The minimum atomic E-state index is -0.653. The molecule has 4 nitrogen and oxygen atoms in total. The van der Waals surface area contributed by atoms with Crippen molar-refractivity contribution in [2.24, 2.45) is 5.73 Å². The van der Waals surface area contributed by atoms with Crippen molar-refractivity contribution in [1.82, 2.24) is 10.3 Å². The highest BCUT2D eigenvalue weighted by Gasteiger charge is 2.15. The van der Waals surface area contributed by atoms with E-state index in [0.29, 0.717) is 6.54 Å². The van der Waals surface area contributed by atoms with E-state index in [2.05, 4.69) is 10.3 Å². The second-order valence-corrected chi connectivity index (χ2v) is 4.87. The summed E-state index contributed by atoms with van der Waals surface area (Å²) in [6.07, 6.45) is 1.72. The van der Waals surface area contributed by atoms with Gasteiger partial charge in [0.15, 0.2) is 0 Å². The van der Waals surface area contributed by atoms with Crippen molar-refractivity contribution in [1.29, 1.82) is 0 Å². The zero-order chi connectivity index (χ0) is 14.5. The van der Waals surface area contributed by atoms with Gasteiger partial charge in [-0.25, -0.2) is 0 Å². The van der Waals surface area contributed by atoms with Gasteiger partial charge in [-0.15, -0.1) is 24.8 Å². The molecule has 2 aromatic rings. The van der Waals surface area contributed by atoms with Crippen LogP contribution in [0, 0.1) is 13.8 Å². The minimum absolute atomic E-state index is 0. The molecule has 1 heterocycles. The Hall–Kier alpha value is -1.62. The van der Waals surface area contributed by atoms with E-state index in [1.165, 1.54) is 0 Å². The van der Waals surface area contributed by atoms with Crippen LogP contribution >= 0.6 is 24.8 Å². The molecule has 0 fully saturated rings. The van der Waals surface area contributed by atoms with Crippen LogP contribution in [-0.2, 0) is 11.3 Å². The fourth-order valence-electron chi connectivity index (χ4n) is 1.91. The van der Waals surface area contributed by atoms with Crippen LogP contribution in [-0.4, -0.2) is 10.9 Å². The van der Waals surface area contributed by atoms with Crippen LogP contribution < -0.4 is 11.1 Å². The number of nitrogens with one attached hydrogen (secondary N) is 1. The van der Waals surface area contributed by atoms with E-state index in [0.717, 1.165) is 22.4 Å². The van der Waals surface area contributed by atoms with E-state index in [1.54, 1.807) is 6.20 Å². The van der Waals surface area contributed by atoms with Gasteiger partial charge >= 0.3 is 0 Å². The van der Waals surface area contributed by atoms with Gasteiger partial charge in [0.1, 0.15) is 6.04 Å². The lowest BCUT2D eigenvalue weighted by Crippen LogP contribution is -2.34. The van der Waals surface area contributed by atoms with Crippen LogP contribution in [0.2, 0.25) is 0 Å². The molecule has 6 heteroatoms. The Bertz CT molecular complexity index is 603. The van der Waals surface area contributed by atoms with Crippen LogP contribution in [0.25, 0.3) is 0 Å². The van der Waals surface area contributed by atoms with Crippen molar-refractivity contribution < 1.29 is 4.79 Å². The maximum Gasteiger partial charge on any atom is 0.241 e. The van der Waals surface area contributed by atoms with E-state index >= 15 is 0 Å². The molecule has 22 heavy (non-hydrogen) atoms. The zero-order valence-electron chi connectivity index (χ0n) is 12.6. The number of aromatic nitrogens is 1. The number of rotatable bonds is 4. The number of pyridine rings is 1. The Morgan fingerprint density at radius 3 is 2.41 bits per heavy atom. The summed E-state index contributed by atoms with van der Waals surface area (Å²) in [5.41, 5.74) is 9.82. The van der Waals surface area contributed by atoms with Crippen molar-refractivity contribution in [2.75, 3.05) is 0 Å². The zero-order valence-corrected chi connectivity index (χ0v) is 14.2. The second-order valence-electron chi connectivity index (χ2n) is 4.87. The number of carbonyl (C=O) groups excluding carboxylic acids is 1. The SMILES string of the molecule is Cc1ccc(C(N)C(=O)NCc2ncccc2C)cc1.Cl.Cl. The Labute approximate surface area is 143 Å². The Morgan fingerprint density at radius 2 is 1.82 bits per heavy atom. The number of nitrogens with zero attached hydrogens (tertiary/aromatic N) is 1. The third-order valence-corrected chi connectivity index (χ3v) is 3.27. The number of amides is 1. The number of benzene rings is 1. The normalized spacial score (nSPS) is 10.9. The lowest BCUT2D eigenvalue weighted by Gasteiger charge is -2.13. The van der Waals surface area contributed by atoms with E-state index in [9.17, 15) is 4.79 Å². The molecule has 1 atom stereocenters. The van der Waals surface area contributed by atoms with Gasteiger partial charge in [-0.3, -0.25) is 9.78 Å². The van der Waals surface area contributed by atoms with Gasteiger partial charge in [0.25, 0.3) is 0 Å². The van der Waals surface area contributed by atoms with Gasteiger partial charge < -0.3 is 11.1 Å². The van der Waals surface area contributed by atoms with E-state index in [-0.39, 0.29) is 30.7 Å². The molecule has 0 saturated heterocycles. The predicted octanol–water partition coefficient (Wildman–Crippen LogP) is 2.86. The molecule has 0 aliphatic carbocycles. The third kappa shape index (κ3) is 5.30. The quantitative estimate of drug-likeness (QED) is 0.898. The number of carbonyl (C=O) groups is 1. The first-order valence-electron chi connectivity index (χ1n) is 6.58. The molecule has 120 valence electrons. The average Bonchev–Trinajstić information content (AvgIpc) is 2.46. The standard InChI is InChI=1S/C16H19N3O.2ClH/c1-11-5-7-13(8-6-11)15(17)16(20)19-10-14-12(2)4-3-9-18-14;;/h3-9,15H,10,17H2,1-2H3,(H,19,20);2*1H. The fourth-order valence-corrected chi connectivity index (χ4v) is 1.91. The van der Waals surface area contributed by atoms with Gasteiger partial charge in [-0.2, -0.15) is 0 Å². The highest BCUT2D eigenvalue weighted by atomic mass is 35.5. The van der Waals surface area contributed by atoms with Crippen molar-refractivity contribution in [3.8, 4) is 0 Å². The number of nitrogens with two attached hydrogens (primary N) is 1. The second kappa shape index (κ2) is 9.41. The molecule has 0 spiro atoms. The first kappa shape index (κ1) is 20.4. The summed E-state index contributed by atoms with van der Waals surface area (Å²) in [7, 11) is 0. The molecule has 3 N–H and O–H groups in total. The van der Waals surface area contributed by atoms with Gasteiger partial charge in [-0.1, -0.05) is 35.9 Å². The predicted molar refractivity (Wildman–Crippen MR) is 93.4 cm³/mol. The molecule has 1 unspecified atom stereocenters. The first-order chi connectivity index (χ1) is 9.58. The molecule has 0 aliphatic rings. The maximum absolute atomic E-state index is 12.0. The number of hydrogen-bond donors (Lipinski definition) is 2. The Balaban J connectivity index is 0.00000220. The summed E-state index contributed by atoms with van der Waals surface area (Å²) in [6.45, 7) is 4.36. The average molecular weight is 342 g/mol. The van der Waals surface area contributed by atoms with Crippen LogP contribution in [0.3, 0.4) is 0 Å². The van der Waals surface area contributed by atoms with Gasteiger partial charge in [-0.05, 0) is 31.0 Å². The number of halogens is 2. The summed E-state index contributed by atoms with van der Waals surface area (Å²) < 4.78 is 0. The van der Waals surface area contributed by atoms with Crippen molar-refractivity contribution in [3.05, 3.63) is 65.0 Å². The summed E-state index contributed by atoms with van der Waals surface area (Å²) in [5.74, 6) is -0.195. The van der Waals surface area contributed by atoms with Crippen molar-refractivity contribution in [3.63, 3.8) is 0 Å². The topological polar surface area (TPSA) is 68.0 Å². The monoisotopic (exact) mass is 341 g/mol. The van der Waals surface area contributed by atoms with E-state index in [1.807, 2.05) is 50.2 Å². The Kier molecular flexibility index (Phi) is 8.72. The Morgan fingerprint density at radius 1 is 1.18 bits per heavy atom. The molecule has 0 saturated carbocycles. The van der Waals surface area contributed by atoms with E-state index < -0.39 is 6.04 Å². The molecule has 0 radical (unpaired) electrons. The summed E-state index contributed by atoms with van der Waals surface area (Å²) in [6, 6.07) is 10.8. The number of hydrogen-bond acceptors (Lipinski definition) is 3. The lowest BCUT2D eigenvalue weighted by atomic mass is 10.1. The van der Waals surface area contributed by atoms with Gasteiger partial charge in [0, 0.05) is 6.20 Å². The van der Waals surface area contributed by atoms with E-state index in [4.69, 9.17) is 5.73 Å². The third-order valence-electron chi connectivity index (χ3n) is 3.27. The smallest absolute Gasteiger partial charge is 0.241 e. The molecule has 0 bridgehead atoms. The summed E-state index contributed by atoms with van der Waals surface area (Å²) in [5, 5.41) is 2.83. The van der Waals surface area contributed by atoms with Crippen LogP contribution in [0.15, 0.2) is 42.6 Å². The van der Waals surface area contributed by atoms with Gasteiger partial charge in [0.2, 0.25) is 5.91 Å². The number of aryl methyl sites for hydroxylation is 2. The lowest BCUT2D eigenvalue weighted by molar-refractivity contribution is -0.122. The largest absolute Gasteiger partial charge is 0.349 e. The van der Waals surface area contributed by atoms with Crippen LogP contribution in [0.4, 0.5) is 0 Å². The maximum atomic E-state index is 12.0. The van der Waals surface area contributed by atoms with Gasteiger partial charge in [0.05, 0.1) is 12.2 Å². The summed E-state index contributed by atoms with van der Waals surface area (Å²) >= 11 is 0. The molecule has 0 aliphatic heterocycles. The molecular weight excluding hydrogens is 321 g/mol. The molecule has 2 rings (SSSR count). The first-order valence-corrected chi connectivity index (χ1v) is 6.58.